The van der Waals surface area contributed by atoms with Crippen LogP contribution in [-0.4, -0.2) is 22.1 Å². The highest BCUT2D eigenvalue weighted by Crippen LogP contribution is 2.20. The summed E-state index contributed by atoms with van der Waals surface area (Å²) in [7, 11) is 0. The summed E-state index contributed by atoms with van der Waals surface area (Å²) in [5.74, 6) is -0.888. The van der Waals surface area contributed by atoms with Gasteiger partial charge in [-0.3, -0.25) is 0 Å². The predicted octanol–water partition coefficient (Wildman–Crippen LogP) is 1.68. The highest BCUT2D eigenvalue weighted by Gasteiger charge is 2.16. The van der Waals surface area contributed by atoms with E-state index in [0.29, 0.717) is 23.4 Å². The van der Waals surface area contributed by atoms with Gasteiger partial charge in [-0.1, -0.05) is 13.8 Å². The van der Waals surface area contributed by atoms with Crippen molar-refractivity contribution >= 4 is 17.3 Å². The van der Waals surface area contributed by atoms with Gasteiger partial charge in [-0.15, -0.1) is 11.3 Å². The second kappa shape index (κ2) is 5.23. The molecular weight excluding hydrogens is 212 g/mol. The number of rotatable bonds is 5. The van der Waals surface area contributed by atoms with E-state index in [1.165, 1.54) is 11.3 Å². The molecule has 3 N–H and O–H groups in total. The molecule has 0 amide bonds. The monoisotopic (exact) mass is 228 g/mol. The van der Waals surface area contributed by atoms with Crippen LogP contribution in [0.1, 0.15) is 40.6 Å². The maximum atomic E-state index is 10.9. The summed E-state index contributed by atoms with van der Waals surface area (Å²) < 4.78 is 0. The molecule has 0 saturated carbocycles. The van der Waals surface area contributed by atoms with Crippen LogP contribution >= 0.6 is 11.3 Å². The summed E-state index contributed by atoms with van der Waals surface area (Å²) in [5.41, 5.74) is 6.47. The van der Waals surface area contributed by atoms with E-state index in [1.807, 2.05) is 13.8 Å². The summed E-state index contributed by atoms with van der Waals surface area (Å²) in [5, 5.41) is 9.77. The van der Waals surface area contributed by atoms with Gasteiger partial charge in [-0.25, -0.2) is 9.78 Å². The smallest absolute Gasteiger partial charge is 0.347 e. The zero-order valence-corrected chi connectivity index (χ0v) is 9.80. The molecule has 0 radical (unpaired) electrons. The Hall–Kier alpha value is -0.940. The first-order valence-electron chi connectivity index (χ1n) is 5.05. The van der Waals surface area contributed by atoms with E-state index < -0.39 is 5.97 Å². The molecule has 4 nitrogen and oxygen atoms in total. The molecule has 0 saturated heterocycles. The molecule has 1 aromatic rings. The van der Waals surface area contributed by atoms with Crippen molar-refractivity contribution in [3.05, 3.63) is 15.6 Å². The largest absolute Gasteiger partial charge is 0.477 e. The average molecular weight is 228 g/mol. The Labute approximate surface area is 93.1 Å². The fourth-order valence-electron chi connectivity index (χ4n) is 1.26. The van der Waals surface area contributed by atoms with Gasteiger partial charge in [0.05, 0.1) is 10.7 Å². The van der Waals surface area contributed by atoms with E-state index >= 15 is 0 Å². The number of hydrogen-bond donors (Lipinski definition) is 2. The normalized spacial score (nSPS) is 12.7. The van der Waals surface area contributed by atoms with Crippen molar-refractivity contribution in [1.29, 1.82) is 0 Å². The number of nitrogens with two attached hydrogens (primary N) is 1. The van der Waals surface area contributed by atoms with Gasteiger partial charge in [0.1, 0.15) is 4.88 Å². The van der Waals surface area contributed by atoms with Crippen LogP contribution in [0.15, 0.2) is 0 Å². The standard InChI is InChI=1S/C10H16N2O2S/c1-3-6(11)5-8-12-7(4-2)9(15-8)10(13)14/h6H,3-5,11H2,1-2H3,(H,13,14). The SMILES string of the molecule is CCc1nc(CC(N)CC)sc1C(=O)O. The lowest BCUT2D eigenvalue weighted by atomic mass is 10.2. The molecule has 1 heterocycles. The van der Waals surface area contributed by atoms with Crippen molar-refractivity contribution in [2.75, 3.05) is 0 Å². The Bertz CT molecular complexity index is 349. The quantitative estimate of drug-likeness (QED) is 0.804. The number of carboxylic acid groups (broad SMARTS) is 1. The molecule has 0 spiro atoms. The number of aromatic carboxylic acids is 1. The van der Waals surface area contributed by atoms with Crippen LogP contribution in [0.25, 0.3) is 0 Å². The molecule has 5 heteroatoms. The highest BCUT2D eigenvalue weighted by atomic mass is 32.1. The van der Waals surface area contributed by atoms with Crippen molar-refractivity contribution in [2.45, 2.75) is 39.2 Å². The van der Waals surface area contributed by atoms with Gasteiger partial charge < -0.3 is 10.8 Å². The van der Waals surface area contributed by atoms with Crippen LogP contribution in [0, 0.1) is 0 Å². The third kappa shape index (κ3) is 3.00. The summed E-state index contributed by atoms with van der Waals surface area (Å²) in [6.07, 6.45) is 2.20. The molecule has 0 fully saturated rings. The number of hydrogen-bond acceptors (Lipinski definition) is 4. The Morgan fingerprint density at radius 3 is 2.67 bits per heavy atom. The number of aromatic nitrogens is 1. The van der Waals surface area contributed by atoms with Gasteiger partial charge in [0.2, 0.25) is 0 Å². The second-order valence-corrected chi connectivity index (χ2v) is 4.50. The number of carbonyl (C=O) groups is 1. The molecular formula is C10H16N2O2S. The van der Waals surface area contributed by atoms with Crippen LogP contribution in [-0.2, 0) is 12.8 Å². The van der Waals surface area contributed by atoms with Crippen molar-refractivity contribution in [3.8, 4) is 0 Å². The Morgan fingerprint density at radius 1 is 1.60 bits per heavy atom. The zero-order valence-electron chi connectivity index (χ0n) is 8.99. The van der Waals surface area contributed by atoms with Crippen molar-refractivity contribution < 1.29 is 9.90 Å². The number of aryl methyl sites for hydroxylation is 1. The Kier molecular flexibility index (Phi) is 4.23. The molecule has 0 aliphatic heterocycles. The first-order chi connectivity index (χ1) is 7.08. The average Bonchev–Trinajstić information content (AvgIpc) is 2.60. The molecule has 1 atom stereocenters. The van der Waals surface area contributed by atoms with E-state index in [0.717, 1.165) is 11.4 Å². The maximum Gasteiger partial charge on any atom is 0.347 e. The fourth-order valence-corrected chi connectivity index (χ4v) is 2.35. The van der Waals surface area contributed by atoms with E-state index in [9.17, 15) is 4.79 Å². The number of nitrogens with zero attached hydrogens (tertiary/aromatic N) is 1. The maximum absolute atomic E-state index is 10.9. The van der Waals surface area contributed by atoms with Crippen LogP contribution in [0.3, 0.4) is 0 Å². The van der Waals surface area contributed by atoms with E-state index in [-0.39, 0.29) is 6.04 Å². The first kappa shape index (κ1) is 12.1. The van der Waals surface area contributed by atoms with Gasteiger partial charge in [-0.2, -0.15) is 0 Å². The van der Waals surface area contributed by atoms with Crippen LogP contribution < -0.4 is 5.73 Å². The Morgan fingerprint density at radius 2 is 2.27 bits per heavy atom. The molecule has 0 bridgehead atoms. The summed E-state index contributed by atoms with van der Waals surface area (Å²) in [6, 6.07) is 0.0718. The summed E-state index contributed by atoms with van der Waals surface area (Å²) in [4.78, 5) is 15.5. The summed E-state index contributed by atoms with van der Waals surface area (Å²) >= 11 is 1.25. The molecule has 1 rings (SSSR count). The van der Waals surface area contributed by atoms with Gasteiger partial charge in [-0.05, 0) is 12.8 Å². The van der Waals surface area contributed by atoms with Gasteiger partial charge in [0, 0.05) is 12.5 Å². The van der Waals surface area contributed by atoms with Gasteiger partial charge in [0.15, 0.2) is 0 Å². The summed E-state index contributed by atoms with van der Waals surface area (Å²) in [6.45, 7) is 3.92. The van der Waals surface area contributed by atoms with E-state index in [4.69, 9.17) is 10.8 Å². The molecule has 0 aliphatic carbocycles. The number of thiazole rings is 1. The molecule has 84 valence electrons. The van der Waals surface area contributed by atoms with Gasteiger partial charge >= 0.3 is 5.97 Å². The minimum Gasteiger partial charge on any atom is -0.477 e. The fraction of sp³-hybridized carbons (Fsp3) is 0.600. The van der Waals surface area contributed by atoms with Crippen molar-refractivity contribution in [3.63, 3.8) is 0 Å². The Balaban J connectivity index is 2.87. The minimum absolute atomic E-state index is 0.0718. The molecule has 1 aromatic heterocycles. The van der Waals surface area contributed by atoms with E-state index in [1.54, 1.807) is 0 Å². The highest BCUT2D eigenvalue weighted by molar-refractivity contribution is 7.13. The van der Waals surface area contributed by atoms with Crippen molar-refractivity contribution in [2.24, 2.45) is 5.73 Å². The van der Waals surface area contributed by atoms with Crippen LogP contribution in [0.5, 0.6) is 0 Å². The van der Waals surface area contributed by atoms with Crippen LogP contribution in [0.4, 0.5) is 0 Å². The lowest BCUT2D eigenvalue weighted by molar-refractivity contribution is 0.0701. The van der Waals surface area contributed by atoms with Crippen LogP contribution in [0.2, 0.25) is 0 Å². The third-order valence-corrected chi connectivity index (χ3v) is 3.34. The lowest BCUT2D eigenvalue weighted by Crippen LogP contribution is -2.21. The number of carboxylic acids is 1. The predicted molar refractivity (Wildman–Crippen MR) is 60.4 cm³/mol. The second-order valence-electron chi connectivity index (χ2n) is 3.41. The van der Waals surface area contributed by atoms with Gasteiger partial charge in [0.25, 0.3) is 0 Å². The minimum atomic E-state index is -0.888. The molecule has 0 aliphatic rings. The van der Waals surface area contributed by atoms with E-state index in [2.05, 4.69) is 4.98 Å². The first-order valence-corrected chi connectivity index (χ1v) is 5.87. The lowest BCUT2D eigenvalue weighted by Gasteiger charge is -2.04. The van der Waals surface area contributed by atoms with Crippen molar-refractivity contribution in [1.82, 2.24) is 4.98 Å². The molecule has 0 aromatic carbocycles. The topological polar surface area (TPSA) is 76.2 Å². The molecule has 1 unspecified atom stereocenters. The zero-order chi connectivity index (χ0) is 11.4. The third-order valence-electron chi connectivity index (χ3n) is 2.23. The molecule has 15 heavy (non-hydrogen) atoms.